The fraction of sp³-hybridized carbons (Fsp3) is 0.125. The molecule has 0 saturated heterocycles. The van der Waals surface area contributed by atoms with Crippen LogP contribution in [0.4, 0.5) is 16.2 Å². The highest BCUT2D eigenvalue weighted by molar-refractivity contribution is 6.04. The second kappa shape index (κ2) is 7.24. The van der Waals surface area contributed by atoms with Gasteiger partial charge in [-0.1, -0.05) is 12.1 Å². The number of anilines is 2. The van der Waals surface area contributed by atoms with Crippen molar-refractivity contribution in [3.8, 4) is 0 Å². The first kappa shape index (κ1) is 15.5. The Hall–Kier alpha value is -2.86. The topological polar surface area (TPSA) is 93.4 Å². The zero-order valence-electron chi connectivity index (χ0n) is 12.1. The molecular weight excluding hydrogens is 282 g/mol. The number of carbonyl (C=O) groups excluding carboxylic acids is 2. The molecule has 0 aliphatic heterocycles. The molecule has 0 radical (unpaired) electrons. The molecule has 0 unspecified atom stereocenters. The van der Waals surface area contributed by atoms with Gasteiger partial charge >= 0.3 is 6.03 Å². The van der Waals surface area contributed by atoms with E-state index >= 15 is 0 Å². The van der Waals surface area contributed by atoms with E-state index in [1.54, 1.807) is 43.5 Å². The van der Waals surface area contributed by atoms with Gasteiger partial charge < -0.3 is 21.1 Å². The van der Waals surface area contributed by atoms with Crippen LogP contribution in [0.1, 0.15) is 15.9 Å². The van der Waals surface area contributed by atoms with Gasteiger partial charge in [0.05, 0.1) is 6.61 Å². The molecule has 0 saturated carbocycles. The number of methoxy groups -OCH3 is 1. The first-order chi connectivity index (χ1) is 10.6. The SMILES string of the molecule is COCc1cccc(C(=O)Nc2ccc(NC(N)=O)cc2)c1. The van der Waals surface area contributed by atoms with Gasteiger partial charge in [-0.05, 0) is 42.0 Å². The number of nitrogens with one attached hydrogen (secondary N) is 2. The van der Waals surface area contributed by atoms with E-state index in [1.807, 2.05) is 12.1 Å². The third kappa shape index (κ3) is 4.32. The lowest BCUT2D eigenvalue weighted by atomic mass is 10.1. The molecule has 2 aromatic rings. The molecule has 0 bridgehead atoms. The Kier molecular flexibility index (Phi) is 5.11. The van der Waals surface area contributed by atoms with Crippen molar-refractivity contribution in [3.05, 3.63) is 59.7 Å². The van der Waals surface area contributed by atoms with Crippen LogP contribution in [0.2, 0.25) is 0 Å². The van der Waals surface area contributed by atoms with E-state index in [1.165, 1.54) is 0 Å². The minimum atomic E-state index is -0.633. The molecule has 0 heterocycles. The summed E-state index contributed by atoms with van der Waals surface area (Å²) in [5.74, 6) is -0.214. The normalized spacial score (nSPS) is 10.0. The van der Waals surface area contributed by atoms with Crippen molar-refractivity contribution < 1.29 is 14.3 Å². The smallest absolute Gasteiger partial charge is 0.316 e. The number of primary amides is 1. The van der Waals surface area contributed by atoms with E-state index in [-0.39, 0.29) is 5.91 Å². The maximum Gasteiger partial charge on any atom is 0.316 e. The summed E-state index contributed by atoms with van der Waals surface area (Å²) in [4.78, 5) is 22.9. The van der Waals surface area contributed by atoms with E-state index < -0.39 is 6.03 Å². The van der Waals surface area contributed by atoms with E-state index in [0.29, 0.717) is 23.5 Å². The molecule has 3 amide bonds. The van der Waals surface area contributed by atoms with Gasteiger partial charge in [-0.25, -0.2) is 4.79 Å². The number of hydrogen-bond donors (Lipinski definition) is 3. The van der Waals surface area contributed by atoms with Crippen LogP contribution < -0.4 is 16.4 Å². The summed E-state index contributed by atoms with van der Waals surface area (Å²) in [6.07, 6.45) is 0. The molecule has 114 valence electrons. The highest BCUT2D eigenvalue weighted by atomic mass is 16.5. The molecule has 0 aliphatic carbocycles. The summed E-state index contributed by atoms with van der Waals surface area (Å²) in [6.45, 7) is 0.453. The van der Waals surface area contributed by atoms with Gasteiger partial charge in [-0.15, -0.1) is 0 Å². The first-order valence-corrected chi connectivity index (χ1v) is 6.64. The highest BCUT2D eigenvalue weighted by Crippen LogP contribution is 2.15. The Balaban J connectivity index is 2.05. The molecule has 2 aromatic carbocycles. The Morgan fingerprint density at radius 1 is 1.05 bits per heavy atom. The predicted molar refractivity (Wildman–Crippen MR) is 84.8 cm³/mol. The van der Waals surface area contributed by atoms with Crippen molar-refractivity contribution in [1.82, 2.24) is 0 Å². The molecule has 0 aromatic heterocycles. The van der Waals surface area contributed by atoms with Crippen LogP contribution in [-0.4, -0.2) is 19.0 Å². The molecule has 0 fully saturated rings. The van der Waals surface area contributed by atoms with Crippen LogP contribution in [-0.2, 0) is 11.3 Å². The average molecular weight is 299 g/mol. The summed E-state index contributed by atoms with van der Waals surface area (Å²) in [6, 6.07) is 13.3. The van der Waals surface area contributed by atoms with Crippen LogP contribution in [0.3, 0.4) is 0 Å². The van der Waals surface area contributed by atoms with Gasteiger partial charge in [0.2, 0.25) is 0 Å². The maximum atomic E-state index is 12.2. The molecule has 6 heteroatoms. The Morgan fingerprint density at radius 3 is 2.27 bits per heavy atom. The molecular formula is C16H17N3O3. The van der Waals surface area contributed by atoms with Gasteiger partial charge in [0.25, 0.3) is 5.91 Å². The summed E-state index contributed by atoms with van der Waals surface area (Å²) >= 11 is 0. The number of carbonyl (C=O) groups is 2. The van der Waals surface area contributed by atoms with Crippen molar-refractivity contribution in [2.45, 2.75) is 6.61 Å². The standard InChI is InChI=1S/C16H17N3O3/c1-22-10-11-3-2-4-12(9-11)15(20)18-13-5-7-14(8-6-13)19-16(17)21/h2-9H,10H2,1H3,(H,18,20)(H3,17,19,21). The minimum Gasteiger partial charge on any atom is -0.380 e. The lowest BCUT2D eigenvalue weighted by Gasteiger charge is -2.08. The van der Waals surface area contributed by atoms with Crippen LogP contribution >= 0.6 is 0 Å². The molecule has 6 nitrogen and oxygen atoms in total. The Morgan fingerprint density at radius 2 is 1.68 bits per heavy atom. The summed E-state index contributed by atoms with van der Waals surface area (Å²) < 4.78 is 5.05. The molecule has 2 rings (SSSR count). The lowest BCUT2D eigenvalue weighted by molar-refractivity contribution is 0.102. The van der Waals surface area contributed by atoms with Crippen LogP contribution in [0, 0.1) is 0 Å². The van der Waals surface area contributed by atoms with E-state index in [0.717, 1.165) is 5.56 Å². The van der Waals surface area contributed by atoms with Crippen molar-refractivity contribution in [2.75, 3.05) is 17.7 Å². The summed E-state index contributed by atoms with van der Waals surface area (Å²) in [5, 5.41) is 5.24. The van der Waals surface area contributed by atoms with Crippen molar-refractivity contribution in [3.63, 3.8) is 0 Å². The summed E-state index contributed by atoms with van der Waals surface area (Å²) in [5.41, 5.74) is 7.69. The molecule has 0 spiro atoms. The third-order valence-corrected chi connectivity index (χ3v) is 2.91. The number of benzene rings is 2. The largest absolute Gasteiger partial charge is 0.380 e. The predicted octanol–water partition coefficient (Wildman–Crippen LogP) is 2.58. The van der Waals surface area contributed by atoms with E-state index in [4.69, 9.17) is 10.5 Å². The Bertz CT molecular complexity index is 669. The van der Waals surface area contributed by atoms with Crippen molar-refractivity contribution in [1.29, 1.82) is 0 Å². The molecule has 0 aliphatic rings. The van der Waals surface area contributed by atoms with E-state index in [2.05, 4.69) is 10.6 Å². The number of ether oxygens (including phenoxy) is 1. The quantitative estimate of drug-likeness (QED) is 0.792. The molecule has 22 heavy (non-hydrogen) atoms. The van der Waals surface area contributed by atoms with Gasteiger partial charge in [0.15, 0.2) is 0 Å². The molecule has 4 N–H and O–H groups in total. The highest BCUT2D eigenvalue weighted by Gasteiger charge is 2.07. The number of rotatable bonds is 5. The monoisotopic (exact) mass is 299 g/mol. The van der Waals surface area contributed by atoms with Gasteiger partial charge in [0, 0.05) is 24.0 Å². The zero-order valence-corrected chi connectivity index (χ0v) is 12.1. The molecule has 0 atom stereocenters. The van der Waals surface area contributed by atoms with Gasteiger partial charge in [0.1, 0.15) is 0 Å². The Labute approximate surface area is 128 Å². The first-order valence-electron chi connectivity index (χ1n) is 6.64. The minimum absolute atomic E-state index is 0.214. The summed E-state index contributed by atoms with van der Waals surface area (Å²) in [7, 11) is 1.61. The lowest BCUT2D eigenvalue weighted by Crippen LogP contribution is -2.19. The van der Waals surface area contributed by atoms with Crippen molar-refractivity contribution >= 4 is 23.3 Å². The van der Waals surface area contributed by atoms with Crippen LogP contribution in [0.5, 0.6) is 0 Å². The second-order valence-corrected chi connectivity index (χ2v) is 4.65. The fourth-order valence-corrected chi connectivity index (χ4v) is 1.95. The van der Waals surface area contributed by atoms with Crippen LogP contribution in [0.15, 0.2) is 48.5 Å². The zero-order chi connectivity index (χ0) is 15.9. The average Bonchev–Trinajstić information content (AvgIpc) is 2.49. The van der Waals surface area contributed by atoms with Gasteiger partial charge in [-0.3, -0.25) is 4.79 Å². The number of urea groups is 1. The number of hydrogen-bond acceptors (Lipinski definition) is 3. The van der Waals surface area contributed by atoms with Crippen molar-refractivity contribution in [2.24, 2.45) is 5.73 Å². The fourth-order valence-electron chi connectivity index (χ4n) is 1.95. The van der Waals surface area contributed by atoms with E-state index in [9.17, 15) is 9.59 Å². The number of nitrogens with two attached hydrogens (primary N) is 1. The third-order valence-electron chi connectivity index (χ3n) is 2.91. The number of amides is 3. The maximum absolute atomic E-state index is 12.2. The van der Waals surface area contributed by atoms with Gasteiger partial charge in [-0.2, -0.15) is 0 Å². The van der Waals surface area contributed by atoms with Crippen LogP contribution in [0.25, 0.3) is 0 Å². The second-order valence-electron chi connectivity index (χ2n) is 4.65.